The van der Waals surface area contributed by atoms with Gasteiger partial charge in [-0.1, -0.05) is 30.3 Å². The molecule has 0 amide bonds. The highest BCUT2D eigenvalue weighted by molar-refractivity contribution is 5.21. The van der Waals surface area contributed by atoms with Crippen LogP contribution < -0.4 is 5.32 Å². The predicted octanol–water partition coefficient (Wildman–Crippen LogP) is 2.79. The van der Waals surface area contributed by atoms with Crippen LogP contribution >= 0.6 is 0 Å². The van der Waals surface area contributed by atoms with Crippen molar-refractivity contribution in [3.63, 3.8) is 0 Å². The van der Waals surface area contributed by atoms with Crippen molar-refractivity contribution in [2.24, 2.45) is 0 Å². The zero-order valence-electron chi connectivity index (χ0n) is 10.8. The lowest BCUT2D eigenvalue weighted by Crippen LogP contribution is -2.55. The topological polar surface area (TPSA) is 30.5 Å². The van der Waals surface area contributed by atoms with Crippen LogP contribution in [0.15, 0.2) is 30.3 Å². The molecule has 6 heteroatoms. The third kappa shape index (κ3) is 2.68. The summed E-state index contributed by atoms with van der Waals surface area (Å²) in [5.41, 5.74) is 0.819. The molecule has 0 saturated carbocycles. The SMILES string of the molecule is FC(F)(F)[C@H]1CC2(C[C@@H](c3ccccc3)N1)OCCO2. The van der Waals surface area contributed by atoms with Crippen molar-refractivity contribution in [2.75, 3.05) is 13.2 Å². The standard InChI is InChI=1S/C14H16F3NO2/c15-14(16,17)12-9-13(19-6-7-20-13)8-11(18-12)10-4-2-1-3-5-10/h1-5,11-12,18H,6-9H2/t11-,12+/m0/s1. The number of rotatable bonds is 1. The Labute approximate surface area is 115 Å². The molecule has 0 unspecified atom stereocenters. The molecule has 2 saturated heterocycles. The van der Waals surface area contributed by atoms with Crippen molar-refractivity contribution in [2.45, 2.75) is 36.9 Å². The minimum Gasteiger partial charge on any atom is -0.347 e. The molecule has 110 valence electrons. The van der Waals surface area contributed by atoms with Gasteiger partial charge in [0.25, 0.3) is 0 Å². The molecule has 20 heavy (non-hydrogen) atoms. The van der Waals surface area contributed by atoms with Crippen molar-refractivity contribution in [3.8, 4) is 0 Å². The Bertz CT molecular complexity index is 457. The second kappa shape index (κ2) is 5.02. The van der Waals surface area contributed by atoms with E-state index in [1.54, 1.807) is 0 Å². The molecule has 1 N–H and O–H groups in total. The highest BCUT2D eigenvalue weighted by Crippen LogP contribution is 2.42. The molecule has 2 aliphatic heterocycles. The van der Waals surface area contributed by atoms with Crippen LogP contribution in [0.1, 0.15) is 24.4 Å². The average Bonchev–Trinajstić information content (AvgIpc) is 2.86. The second-order valence-corrected chi connectivity index (χ2v) is 5.24. The van der Waals surface area contributed by atoms with E-state index in [1.165, 1.54) is 0 Å². The van der Waals surface area contributed by atoms with E-state index < -0.39 is 24.0 Å². The molecule has 0 radical (unpaired) electrons. The summed E-state index contributed by atoms with van der Waals surface area (Å²) >= 11 is 0. The quantitative estimate of drug-likeness (QED) is 0.861. The maximum absolute atomic E-state index is 13.1. The van der Waals surface area contributed by atoms with E-state index in [9.17, 15) is 13.2 Å². The van der Waals surface area contributed by atoms with Crippen LogP contribution in [0.3, 0.4) is 0 Å². The molecular formula is C14H16F3NO2. The maximum atomic E-state index is 13.1. The highest BCUT2D eigenvalue weighted by Gasteiger charge is 2.53. The lowest BCUT2D eigenvalue weighted by molar-refractivity contribution is -0.233. The van der Waals surface area contributed by atoms with E-state index >= 15 is 0 Å². The molecule has 3 rings (SSSR count). The van der Waals surface area contributed by atoms with Gasteiger partial charge >= 0.3 is 6.18 Å². The largest absolute Gasteiger partial charge is 0.404 e. The lowest BCUT2D eigenvalue weighted by Gasteiger charge is -2.42. The Morgan fingerprint density at radius 1 is 1.05 bits per heavy atom. The smallest absolute Gasteiger partial charge is 0.347 e. The Hall–Kier alpha value is -1.11. The first-order valence-corrected chi connectivity index (χ1v) is 6.64. The number of hydrogen-bond acceptors (Lipinski definition) is 3. The Kier molecular flexibility index (Phi) is 3.48. The minimum absolute atomic E-state index is 0.195. The van der Waals surface area contributed by atoms with Crippen molar-refractivity contribution < 1.29 is 22.6 Å². The van der Waals surface area contributed by atoms with Gasteiger partial charge in [-0.05, 0) is 5.56 Å². The van der Waals surface area contributed by atoms with Crippen LogP contribution in [0.4, 0.5) is 13.2 Å². The molecule has 1 aromatic carbocycles. The maximum Gasteiger partial charge on any atom is 0.404 e. The fourth-order valence-corrected chi connectivity index (χ4v) is 2.91. The lowest BCUT2D eigenvalue weighted by atomic mass is 9.88. The summed E-state index contributed by atoms with van der Waals surface area (Å²) in [7, 11) is 0. The molecule has 2 heterocycles. The van der Waals surface area contributed by atoms with Crippen molar-refractivity contribution in [1.82, 2.24) is 5.32 Å². The highest BCUT2D eigenvalue weighted by atomic mass is 19.4. The normalized spacial score (nSPS) is 29.8. The number of alkyl halides is 3. The molecule has 0 aliphatic carbocycles. The number of halogens is 3. The van der Waals surface area contributed by atoms with Crippen molar-refractivity contribution >= 4 is 0 Å². The molecule has 1 aromatic rings. The summed E-state index contributed by atoms with van der Waals surface area (Å²) in [6.07, 6.45) is -4.11. The van der Waals surface area contributed by atoms with Crippen molar-refractivity contribution in [1.29, 1.82) is 0 Å². The Morgan fingerprint density at radius 3 is 2.30 bits per heavy atom. The van der Waals surface area contributed by atoms with E-state index in [0.29, 0.717) is 19.6 Å². The van der Waals surface area contributed by atoms with Crippen LogP contribution in [0.5, 0.6) is 0 Å². The van der Waals surface area contributed by atoms with Gasteiger partial charge < -0.3 is 9.47 Å². The molecule has 0 aromatic heterocycles. The summed E-state index contributed by atoms with van der Waals surface area (Å²) in [5.74, 6) is -1.11. The summed E-state index contributed by atoms with van der Waals surface area (Å²) in [6, 6.07) is 7.08. The van der Waals surface area contributed by atoms with Crippen LogP contribution in [-0.4, -0.2) is 31.2 Å². The summed E-state index contributed by atoms with van der Waals surface area (Å²) in [4.78, 5) is 0. The van der Waals surface area contributed by atoms with Gasteiger partial charge in [0.15, 0.2) is 5.79 Å². The third-order valence-electron chi connectivity index (χ3n) is 3.84. The van der Waals surface area contributed by atoms with Gasteiger partial charge in [0, 0.05) is 18.9 Å². The number of benzene rings is 1. The first-order valence-electron chi connectivity index (χ1n) is 6.64. The molecule has 2 atom stereocenters. The average molecular weight is 287 g/mol. The molecule has 2 fully saturated rings. The van der Waals surface area contributed by atoms with Gasteiger partial charge in [-0.3, -0.25) is 5.32 Å². The Morgan fingerprint density at radius 2 is 1.70 bits per heavy atom. The first-order chi connectivity index (χ1) is 9.49. The van der Waals surface area contributed by atoms with E-state index in [0.717, 1.165) is 5.56 Å². The number of nitrogens with one attached hydrogen (secondary N) is 1. The summed E-state index contributed by atoms with van der Waals surface area (Å²) in [6.45, 7) is 0.707. The van der Waals surface area contributed by atoms with Crippen molar-refractivity contribution in [3.05, 3.63) is 35.9 Å². The molecule has 3 nitrogen and oxygen atoms in total. The first kappa shape index (κ1) is 13.9. The van der Waals surface area contributed by atoms with Gasteiger partial charge in [0.05, 0.1) is 13.2 Å². The van der Waals surface area contributed by atoms with Gasteiger partial charge in [0.2, 0.25) is 0 Å². The molecule has 1 spiro atoms. The van der Waals surface area contributed by atoms with Gasteiger partial charge in [-0.25, -0.2) is 0 Å². The fraction of sp³-hybridized carbons (Fsp3) is 0.571. The van der Waals surface area contributed by atoms with Crippen LogP contribution in [0.2, 0.25) is 0 Å². The Balaban J connectivity index is 1.87. The van der Waals surface area contributed by atoms with E-state index in [1.807, 2.05) is 30.3 Å². The van der Waals surface area contributed by atoms with Gasteiger partial charge in [0.1, 0.15) is 6.04 Å². The zero-order valence-corrected chi connectivity index (χ0v) is 10.8. The monoisotopic (exact) mass is 287 g/mol. The van der Waals surface area contributed by atoms with Crippen LogP contribution in [0, 0.1) is 0 Å². The van der Waals surface area contributed by atoms with Gasteiger partial charge in [-0.2, -0.15) is 13.2 Å². The molecule has 0 bridgehead atoms. The molecule has 2 aliphatic rings. The number of piperidine rings is 1. The number of ether oxygens (including phenoxy) is 2. The second-order valence-electron chi connectivity index (χ2n) is 5.24. The predicted molar refractivity (Wildman–Crippen MR) is 66.0 cm³/mol. The number of hydrogen-bond donors (Lipinski definition) is 1. The van der Waals surface area contributed by atoms with E-state index in [4.69, 9.17) is 9.47 Å². The summed E-state index contributed by atoms with van der Waals surface area (Å²) < 4.78 is 50.3. The zero-order chi connectivity index (χ0) is 14.2. The van der Waals surface area contributed by atoms with E-state index in [2.05, 4.69) is 5.32 Å². The molecular weight excluding hydrogens is 271 g/mol. The fourth-order valence-electron chi connectivity index (χ4n) is 2.91. The van der Waals surface area contributed by atoms with E-state index in [-0.39, 0.29) is 6.42 Å². The van der Waals surface area contributed by atoms with Crippen LogP contribution in [0.25, 0.3) is 0 Å². The summed E-state index contributed by atoms with van der Waals surface area (Å²) in [5, 5.41) is 2.68. The third-order valence-corrected chi connectivity index (χ3v) is 3.84. The minimum atomic E-state index is -4.31. The van der Waals surface area contributed by atoms with Gasteiger partial charge in [-0.15, -0.1) is 0 Å². The van der Waals surface area contributed by atoms with Crippen LogP contribution in [-0.2, 0) is 9.47 Å².